The Hall–Kier alpha value is -1.82. The van der Waals surface area contributed by atoms with Crippen molar-refractivity contribution < 1.29 is 14.3 Å². The van der Waals surface area contributed by atoms with Crippen molar-refractivity contribution in [3.8, 4) is 5.75 Å². The molecule has 0 aromatic carbocycles. The predicted octanol–water partition coefficient (Wildman–Crippen LogP) is 0.775. The van der Waals surface area contributed by atoms with Crippen LogP contribution in [0.3, 0.4) is 0 Å². The van der Waals surface area contributed by atoms with Gasteiger partial charge < -0.3 is 14.4 Å². The molecule has 0 unspecified atom stereocenters. The van der Waals surface area contributed by atoms with Gasteiger partial charge in [-0.3, -0.25) is 9.69 Å². The number of anilines is 1. The van der Waals surface area contributed by atoms with Gasteiger partial charge in [-0.15, -0.1) is 0 Å². The molecule has 0 bridgehead atoms. The first-order valence-corrected chi connectivity index (χ1v) is 6.77. The van der Waals surface area contributed by atoms with Crippen LogP contribution in [0.2, 0.25) is 0 Å². The van der Waals surface area contributed by atoms with Crippen LogP contribution in [0.15, 0.2) is 18.3 Å². The van der Waals surface area contributed by atoms with E-state index in [1.807, 2.05) is 12.1 Å². The SMILES string of the molecule is COC(=O)CCN1CCN(c2ncccc2OC)CC1. The second-order valence-corrected chi connectivity index (χ2v) is 4.68. The van der Waals surface area contributed by atoms with Gasteiger partial charge in [-0.05, 0) is 12.1 Å². The molecular formula is C14H21N3O3. The predicted molar refractivity (Wildman–Crippen MR) is 76.1 cm³/mol. The number of esters is 1. The lowest BCUT2D eigenvalue weighted by atomic mass is 10.2. The van der Waals surface area contributed by atoms with Crippen molar-refractivity contribution in [1.29, 1.82) is 0 Å². The Bertz CT molecular complexity index is 445. The standard InChI is InChI=1S/C14H21N3O3/c1-19-12-4-3-6-15-14(12)17-10-8-16(9-11-17)7-5-13(18)20-2/h3-4,6H,5,7-11H2,1-2H3. The number of rotatable bonds is 5. The van der Waals surface area contributed by atoms with Gasteiger partial charge in [0.15, 0.2) is 11.6 Å². The fraction of sp³-hybridized carbons (Fsp3) is 0.571. The zero-order chi connectivity index (χ0) is 14.4. The van der Waals surface area contributed by atoms with E-state index < -0.39 is 0 Å². The van der Waals surface area contributed by atoms with E-state index in [2.05, 4.69) is 19.5 Å². The van der Waals surface area contributed by atoms with Crippen molar-refractivity contribution in [3.63, 3.8) is 0 Å². The Labute approximate surface area is 119 Å². The largest absolute Gasteiger partial charge is 0.493 e. The molecule has 1 saturated heterocycles. The van der Waals surface area contributed by atoms with Crippen molar-refractivity contribution in [2.45, 2.75) is 6.42 Å². The summed E-state index contributed by atoms with van der Waals surface area (Å²) in [5, 5.41) is 0. The number of nitrogens with zero attached hydrogens (tertiary/aromatic N) is 3. The van der Waals surface area contributed by atoms with Crippen LogP contribution >= 0.6 is 0 Å². The van der Waals surface area contributed by atoms with Crippen molar-refractivity contribution in [2.75, 3.05) is 51.8 Å². The van der Waals surface area contributed by atoms with Crippen LogP contribution in [0.5, 0.6) is 5.75 Å². The second kappa shape index (κ2) is 7.09. The van der Waals surface area contributed by atoms with E-state index in [1.54, 1.807) is 13.3 Å². The highest BCUT2D eigenvalue weighted by Gasteiger charge is 2.20. The average molecular weight is 279 g/mol. The van der Waals surface area contributed by atoms with Gasteiger partial charge in [-0.25, -0.2) is 4.98 Å². The molecule has 0 N–H and O–H groups in total. The summed E-state index contributed by atoms with van der Waals surface area (Å²) in [6.07, 6.45) is 2.23. The molecule has 110 valence electrons. The summed E-state index contributed by atoms with van der Waals surface area (Å²) in [5.41, 5.74) is 0. The van der Waals surface area contributed by atoms with Crippen molar-refractivity contribution in [3.05, 3.63) is 18.3 Å². The van der Waals surface area contributed by atoms with Gasteiger partial charge in [0.2, 0.25) is 0 Å². The molecule has 1 fully saturated rings. The lowest BCUT2D eigenvalue weighted by Crippen LogP contribution is -2.47. The maximum atomic E-state index is 11.1. The highest BCUT2D eigenvalue weighted by Crippen LogP contribution is 2.25. The Morgan fingerprint density at radius 3 is 2.70 bits per heavy atom. The number of methoxy groups -OCH3 is 2. The Balaban J connectivity index is 1.86. The molecule has 6 nitrogen and oxygen atoms in total. The fourth-order valence-electron chi connectivity index (χ4n) is 2.31. The molecule has 1 aliphatic rings. The zero-order valence-electron chi connectivity index (χ0n) is 12.0. The number of hydrogen-bond donors (Lipinski definition) is 0. The smallest absolute Gasteiger partial charge is 0.306 e. The third-order valence-electron chi connectivity index (χ3n) is 3.50. The highest BCUT2D eigenvalue weighted by atomic mass is 16.5. The molecule has 2 heterocycles. The maximum absolute atomic E-state index is 11.1. The Morgan fingerprint density at radius 2 is 2.05 bits per heavy atom. The van der Waals surface area contributed by atoms with Crippen LogP contribution in [0.4, 0.5) is 5.82 Å². The number of carbonyl (C=O) groups is 1. The van der Waals surface area contributed by atoms with E-state index in [1.165, 1.54) is 7.11 Å². The summed E-state index contributed by atoms with van der Waals surface area (Å²) in [7, 11) is 3.08. The molecule has 0 aliphatic carbocycles. The van der Waals surface area contributed by atoms with Gasteiger partial charge in [0.1, 0.15) is 0 Å². The lowest BCUT2D eigenvalue weighted by molar-refractivity contribution is -0.141. The van der Waals surface area contributed by atoms with Crippen LogP contribution in [0.25, 0.3) is 0 Å². The zero-order valence-corrected chi connectivity index (χ0v) is 12.0. The monoisotopic (exact) mass is 279 g/mol. The number of piperazine rings is 1. The van der Waals surface area contributed by atoms with Crippen LogP contribution in [-0.4, -0.2) is 62.8 Å². The summed E-state index contributed by atoms with van der Waals surface area (Å²) in [4.78, 5) is 20.0. The molecule has 20 heavy (non-hydrogen) atoms. The van der Waals surface area contributed by atoms with Crippen LogP contribution in [0, 0.1) is 0 Å². The maximum Gasteiger partial charge on any atom is 0.306 e. The molecule has 0 saturated carbocycles. The third-order valence-corrected chi connectivity index (χ3v) is 3.50. The Kier molecular flexibility index (Phi) is 5.17. The summed E-state index contributed by atoms with van der Waals surface area (Å²) in [6, 6.07) is 3.79. The van der Waals surface area contributed by atoms with E-state index >= 15 is 0 Å². The topological polar surface area (TPSA) is 54.9 Å². The molecule has 2 rings (SSSR count). The van der Waals surface area contributed by atoms with E-state index in [0.29, 0.717) is 6.42 Å². The van der Waals surface area contributed by atoms with Gasteiger partial charge in [0, 0.05) is 38.9 Å². The fourth-order valence-corrected chi connectivity index (χ4v) is 2.31. The summed E-state index contributed by atoms with van der Waals surface area (Å²) in [6.45, 7) is 4.34. The van der Waals surface area contributed by atoms with Crippen LogP contribution in [-0.2, 0) is 9.53 Å². The van der Waals surface area contributed by atoms with Crippen LogP contribution in [0.1, 0.15) is 6.42 Å². The molecule has 6 heteroatoms. The molecular weight excluding hydrogens is 258 g/mol. The normalized spacial score (nSPS) is 16.0. The molecule has 1 aliphatic heterocycles. The summed E-state index contributed by atoms with van der Waals surface area (Å²) in [5.74, 6) is 1.54. The quantitative estimate of drug-likeness (QED) is 0.742. The minimum atomic E-state index is -0.154. The second-order valence-electron chi connectivity index (χ2n) is 4.68. The molecule has 0 amide bonds. The van der Waals surface area contributed by atoms with Crippen molar-refractivity contribution in [1.82, 2.24) is 9.88 Å². The lowest BCUT2D eigenvalue weighted by Gasteiger charge is -2.35. The number of aromatic nitrogens is 1. The summed E-state index contributed by atoms with van der Waals surface area (Å²) >= 11 is 0. The molecule has 0 spiro atoms. The van der Waals surface area contributed by atoms with Crippen molar-refractivity contribution in [2.24, 2.45) is 0 Å². The van der Waals surface area contributed by atoms with E-state index in [9.17, 15) is 4.79 Å². The third kappa shape index (κ3) is 3.60. The molecule has 1 aromatic rings. The number of carbonyl (C=O) groups excluding carboxylic acids is 1. The van der Waals surface area contributed by atoms with Gasteiger partial charge >= 0.3 is 5.97 Å². The molecule has 0 atom stereocenters. The minimum absolute atomic E-state index is 0.154. The summed E-state index contributed by atoms with van der Waals surface area (Å²) < 4.78 is 10.00. The van der Waals surface area contributed by atoms with Gasteiger partial charge in [0.25, 0.3) is 0 Å². The minimum Gasteiger partial charge on any atom is -0.493 e. The highest BCUT2D eigenvalue weighted by molar-refractivity contribution is 5.69. The van der Waals surface area contributed by atoms with Crippen molar-refractivity contribution >= 4 is 11.8 Å². The van der Waals surface area contributed by atoms with Gasteiger partial charge in [0.05, 0.1) is 20.6 Å². The molecule has 1 aromatic heterocycles. The Morgan fingerprint density at radius 1 is 1.30 bits per heavy atom. The molecule has 0 radical (unpaired) electrons. The number of pyridine rings is 1. The number of ether oxygens (including phenoxy) is 2. The average Bonchev–Trinajstić information content (AvgIpc) is 2.53. The first-order valence-electron chi connectivity index (χ1n) is 6.77. The van der Waals surface area contributed by atoms with E-state index in [-0.39, 0.29) is 5.97 Å². The number of hydrogen-bond acceptors (Lipinski definition) is 6. The van der Waals surface area contributed by atoms with Gasteiger partial charge in [-0.2, -0.15) is 0 Å². The first kappa shape index (κ1) is 14.6. The van der Waals surface area contributed by atoms with Crippen LogP contribution < -0.4 is 9.64 Å². The van der Waals surface area contributed by atoms with E-state index in [0.717, 1.165) is 44.3 Å². The van der Waals surface area contributed by atoms with Gasteiger partial charge in [-0.1, -0.05) is 0 Å². The van der Waals surface area contributed by atoms with E-state index in [4.69, 9.17) is 4.74 Å². The first-order chi connectivity index (χ1) is 9.74.